The molecule has 0 spiro atoms. The fraction of sp³-hybridized carbons (Fsp3) is 0.353. The van der Waals surface area contributed by atoms with Crippen molar-refractivity contribution >= 4 is 27.6 Å². The van der Waals surface area contributed by atoms with Crippen molar-refractivity contribution < 1.29 is 9.18 Å². The first-order valence-electron chi connectivity index (χ1n) is 7.70. The predicted octanol–water partition coefficient (Wildman–Crippen LogP) is 4.70. The number of fused-ring (bicyclic) bond motifs is 1. The summed E-state index contributed by atoms with van der Waals surface area (Å²) >= 11 is 3.21. The molecule has 6 heteroatoms. The lowest BCUT2D eigenvalue weighted by molar-refractivity contribution is 0.165. The minimum atomic E-state index is -0.447. The van der Waals surface area contributed by atoms with Crippen LogP contribution in [-0.2, 0) is 6.54 Å². The highest BCUT2D eigenvalue weighted by atomic mass is 79.9. The van der Waals surface area contributed by atoms with Crippen LogP contribution in [0.2, 0.25) is 0 Å². The summed E-state index contributed by atoms with van der Waals surface area (Å²) in [6.07, 6.45) is 0.819. The van der Waals surface area contributed by atoms with E-state index < -0.39 is 5.82 Å². The van der Waals surface area contributed by atoms with Crippen LogP contribution in [0.15, 0.2) is 34.8 Å². The molecule has 1 aliphatic heterocycles. The van der Waals surface area contributed by atoms with Gasteiger partial charge in [-0.1, -0.05) is 22.9 Å². The minimum absolute atomic E-state index is 0.0101. The van der Waals surface area contributed by atoms with Crippen LogP contribution in [0.1, 0.15) is 30.8 Å². The maximum Gasteiger partial charge on any atom is 0.322 e. The van der Waals surface area contributed by atoms with Gasteiger partial charge in [-0.05, 0) is 43.7 Å². The molecule has 0 bridgehead atoms. The zero-order valence-electron chi connectivity index (χ0n) is 13.1. The van der Waals surface area contributed by atoms with Gasteiger partial charge >= 0.3 is 6.03 Å². The second-order valence-electron chi connectivity index (χ2n) is 5.72. The van der Waals surface area contributed by atoms with Crippen LogP contribution < -0.4 is 5.32 Å². The highest BCUT2D eigenvalue weighted by molar-refractivity contribution is 9.10. The zero-order valence-corrected chi connectivity index (χ0v) is 14.7. The van der Waals surface area contributed by atoms with Gasteiger partial charge in [0.05, 0.1) is 11.7 Å². The Kier molecular flexibility index (Phi) is 4.43. The number of anilines is 1. The van der Waals surface area contributed by atoms with Gasteiger partial charge in [-0.3, -0.25) is 0 Å². The number of benzene rings is 1. The molecule has 0 fully saturated rings. The number of hydrogen-bond donors (Lipinski definition) is 1. The minimum Gasteiger partial charge on any atom is -0.345 e. The number of carbonyl (C=O) groups excluding carboxylic acids is 1. The molecule has 122 valence electrons. The molecule has 2 amide bonds. The largest absolute Gasteiger partial charge is 0.345 e. The number of aromatic nitrogens is 1. The third-order valence-corrected chi connectivity index (χ3v) is 4.83. The van der Waals surface area contributed by atoms with Crippen molar-refractivity contribution in [3.8, 4) is 0 Å². The van der Waals surface area contributed by atoms with Gasteiger partial charge in [0, 0.05) is 29.0 Å². The molecule has 1 N–H and O–H groups in total. The number of amides is 2. The number of carbonyl (C=O) groups is 1. The lowest BCUT2D eigenvalue weighted by atomic mass is 10.1. The Bertz CT molecular complexity index is 743. The van der Waals surface area contributed by atoms with Gasteiger partial charge < -0.3 is 14.8 Å². The Morgan fingerprint density at radius 1 is 1.35 bits per heavy atom. The number of nitrogens with zero attached hydrogens (tertiary/aromatic N) is 2. The van der Waals surface area contributed by atoms with Gasteiger partial charge in [0.15, 0.2) is 0 Å². The van der Waals surface area contributed by atoms with Gasteiger partial charge in [-0.15, -0.1) is 0 Å². The number of halogens is 2. The highest BCUT2D eigenvalue weighted by Gasteiger charge is 2.30. The molecule has 1 aromatic heterocycles. The topological polar surface area (TPSA) is 37.3 Å². The van der Waals surface area contributed by atoms with Gasteiger partial charge in [0.2, 0.25) is 0 Å². The summed E-state index contributed by atoms with van der Waals surface area (Å²) in [6.45, 7) is 5.51. The Labute approximate surface area is 143 Å². The maximum absolute atomic E-state index is 13.9. The monoisotopic (exact) mass is 379 g/mol. The fourth-order valence-electron chi connectivity index (χ4n) is 3.16. The van der Waals surface area contributed by atoms with E-state index in [2.05, 4.69) is 51.8 Å². The van der Waals surface area contributed by atoms with Crippen molar-refractivity contribution in [1.29, 1.82) is 0 Å². The molecule has 0 radical (unpaired) electrons. The van der Waals surface area contributed by atoms with Crippen LogP contribution in [0.25, 0.3) is 0 Å². The number of nitrogens with one attached hydrogen (secondary N) is 1. The molecule has 0 unspecified atom stereocenters. The molecule has 0 saturated heterocycles. The first-order valence-corrected chi connectivity index (χ1v) is 8.49. The molecule has 4 nitrogen and oxygen atoms in total. The van der Waals surface area contributed by atoms with Crippen LogP contribution in [-0.4, -0.2) is 22.0 Å². The van der Waals surface area contributed by atoms with Crippen molar-refractivity contribution in [3.63, 3.8) is 0 Å². The van der Waals surface area contributed by atoms with E-state index in [1.165, 1.54) is 11.8 Å². The SMILES string of the molecule is CC[C@@H]1c2ccc(C)n2CCN1C(=O)Nc1ccc(Br)cc1F. The molecular formula is C17H19BrFN3O. The van der Waals surface area contributed by atoms with Gasteiger partial charge in [-0.2, -0.15) is 0 Å². The molecular weight excluding hydrogens is 361 g/mol. The van der Waals surface area contributed by atoms with Crippen molar-refractivity contribution in [2.75, 3.05) is 11.9 Å². The molecule has 2 aromatic rings. The van der Waals surface area contributed by atoms with E-state index in [1.807, 2.05) is 0 Å². The molecule has 1 aliphatic rings. The first-order chi connectivity index (χ1) is 11.0. The summed E-state index contributed by atoms with van der Waals surface area (Å²) in [5, 5.41) is 2.69. The Hall–Kier alpha value is -1.82. The maximum atomic E-state index is 13.9. The Morgan fingerprint density at radius 3 is 2.83 bits per heavy atom. The number of aryl methyl sites for hydroxylation is 1. The molecule has 1 atom stereocenters. The van der Waals surface area contributed by atoms with Crippen molar-refractivity contribution in [3.05, 3.63) is 52.0 Å². The van der Waals surface area contributed by atoms with E-state index in [0.717, 1.165) is 18.7 Å². The average Bonchev–Trinajstić information content (AvgIpc) is 2.90. The molecule has 0 aliphatic carbocycles. The van der Waals surface area contributed by atoms with Crippen LogP contribution in [0, 0.1) is 12.7 Å². The van der Waals surface area contributed by atoms with Gasteiger partial charge in [0.1, 0.15) is 5.82 Å². The molecule has 3 rings (SSSR count). The number of urea groups is 1. The first kappa shape index (κ1) is 16.1. The van der Waals surface area contributed by atoms with E-state index in [9.17, 15) is 9.18 Å². The Balaban J connectivity index is 1.82. The summed E-state index contributed by atoms with van der Waals surface area (Å²) in [7, 11) is 0. The molecule has 0 saturated carbocycles. The third kappa shape index (κ3) is 3.00. The van der Waals surface area contributed by atoms with Crippen molar-refractivity contribution in [2.24, 2.45) is 0 Å². The van der Waals surface area contributed by atoms with E-state index in [1.54, 1.807) is 17.0 Å². The summed E-state index contributed by atoms with van der Waals surface area (Å²) < 4.78 is 16.8. The van der Waals surface area contributed by atoms with Crippen molar-refractivity contribution in [1.82, 2.24) is 9.47 Å². The van der Waals surface area contributed by atoms with Crippen molar-refractivity contribution in [2.45, 2.75) is 32.9 Å². The van der Waals surface area contributed by atoms with Gasteiger partial charge in [0.25, 0.3) is 0 Å². The number of rotatable bonds is 2. The van der Waals surface area contributed by atoms with Crippen LogP contribution in [0.4, 0.5) is 14.9 Å². The zero-order chi connectivity index (χ0) is 16.6. The van der Waals surface area contributed by atoms with E-state index in [0.29, 0.717) is 11.0 Å². The van der Waals surface area contributed by atoms with Crippen LogP contribution >= 0.6 is 15.9 Å². The molecule has 1 aromatic carbocycles. The summed E-state index contributed by atoms with van der Waals surface area (Å²) in [5.41, 5.74) is 2.55. The van der Waals surface area contributed by atoms with Crippen LogP contribution in [0.5, 0.6) is 0 Å². The molecule has 23 heavy (non-hydrogen) atoms. The normalized spacial score (nSPS) is 17.0. The molecule has 2 heterocycles. The predicted molar refractivity (Wildman–Crippen MR) is 92.0 cm³/mol. The van der Waals surface area contributed by atoms with Crippen LogP contribution in [0.3, 0.4) is 0 Å². The second-order valence-corrected chi connectivity index (χ2v) is 6.64. The highest BCUT2D eigenvalue weighted by Crippen LogP contribution is 2.31. The van der Waals surface area contributed by atoms with Gasteiger partial charge in [-0.25, -0.2) is 9.18 Å². The smallest absolute Gasteiger partial charge is 0.322 e. The average molecular weight is 380 g/mol. The van der Waals surface area contributed by atoms with E-state index >= 15 is 0 Å². The van der Waals surface area contributed by atoms with E-state index in [-0.39, 0.29) is 17.8 Å². The standard InChI is InChI=1S/C17H19BrFN3O/c1-3-15-16-7-4-11(2)21(16)8-9-22(15)17(23)20-14-6-5-12(18)10-13(14)19/h4-7,10,15H,3,8-9H2,1-2H3,(H,20,23)/t15-/m1/s1. The van der Waals surface area contributed by atoms with E-state index in [4.69, 9.17) is 0 Å². The summed E-state index contributed by atoms with van der Waals surface area (Å²) in [5.74, 6) is -0.447. The summed E-state index contributed by atoms with van der Waals surface area (Å²) in [4.78, 5) is 14.4. The third-order valence-electron chi connectivity index (χ3n) is 4.34. The lowest BCUT2D eigenvalue weighted by Crippen LogP contribution is -2.44. The lowest BCUT2D eigenvalue weighted by Gasteiger charge is -2.37. The number of hydrogen-bond acceptors (Lipinski definition) is 1. The fourth-order valence-corrected chi connectivity index (χ4v) is 3.49. The Morgan fingerprint density at radius 2 is 2.13 bits per heavy atom. The second kappa shape index (κ2) is 6.35. The quantitative estimate of drug-likeness (QED) is 0.806. The summed E-state index contributed by atoms with van der Waals surface area (Å²) in [6, 6.07) is 8.52.